The summed E-state index contributed by atoms with van der Waals surface area (Å²) in [5, 5.41) is 3.60. The molecule has 3 rings (SSSR count). The Morgan fingerprint density at radius 2 is 1.58 bits per heavy atom. The van der Waals surface area contributed by atoms with Gasteiger partial charge in [0.1, 0.15) is 11.9 Å². The van der Waals surface area contributed by atoms with Crippen molar-refractivity contribution in [1.29, 1.82) is 0 Å². The maximum absolute atomic E-state index is 14.3. The van der Waals surface area contributed by atoms with Gasteiger partial charge in [-0.2, -0.15) is 0 Å². The minimum atomic E-state index is -0.834. The fraction of sp³-hybridized carbons (Fsp3) is 0.231. The zero-order chi connectivity index (χ0) is 23.8. The Bertz CT molecular complexity index is 1090. The zero-order valence-corrected chi connectivity index (χ0v) is 19.7. The van der Waals surface area contributed by atoms with E-state index in [1.54, 1.807) is 36.4 Å². The lowest BCUT2D eigenvalue weighted by molar-refractivity contribution is -0.140. The highest BCUT2D eigenvalue weighted by atomic mass is 35.5. The van der Waals surface area contributed by atoms with Crippen LogP contribution in [0.15, 0.2) is 72.8 Å². The molecule has 1 unspecified atom stereocenters. The van der Waals surface area contributed by atoms with Gasteiger partial charge in [-0.05, 0) is 36.2 Å². The van der Waals surface area contributed by atoms with Gasteiger partial charge in [-0.15, -0.1) is 0 Å². The van der Waals surface area contributed by atoms with Gasteiger partial charge in [-0.3, -0.25) is 9.59 Å². The maximum Gasteiger partial charge on any atom is 0.243 e. The third-order valence-electron chi connectivity index (χ3n) is 5.31. The second-order valence-electron chi connectivity index (χ2n) is 7.59. The molecule has 7 heteroatoms. The van der Waals surface area contributed by atoms with Crippen LogP contribution in [0.1, 0.15) is 23.6 Å². The van der Waals surface area contributed by atoms with E-state index in [1.165, 1.54) is 11.0 Å². The standard InChI is InChI=1S/C26H25Cl2FN2O2/c1-2-30-26(33)24(15-18-9-4-3-5-10-18)31(17-20-21(27)12-8-13-22(20)28)25(32)16-19-11-6-7-14-23(19)29/h3-14,24H,2,15-17H2,1H3,(H,30,33). The number of hydrogen-bond donors (Lipinski definition) is 1. The average molecular weight is 487 g/mol. The van der Waals surface area contributed by atoms with Crippen LogP contribution in [0.25, 0.3) is 0 Å². The van der Waals surface area contributed by atoms with Crippen LogP contribution >= 0.6 is 23.2 Å². The summed E-state index contributed by atoms with van der Waals surface area (Å²) in [6.45, 7) is 2.24. The molecule has 3 aromatic rings. The summed E-state index contributed by atoms with van der Waals surface area (Å²) in [5.41, 5.74) is 1.68. The lowest BCUT2D eigenvalue weighted by atomic mass is 10.0. The summed E-state index contributed by atoms with van der Waals surface area (Å²) in [7, 11) is 0. The fourth-order valence-electron chi connectivity index (χ4n) is 3.61. The molecule has 172 valence electrons. The molecule has 3 aromatic carbocycles. The molecule has 1 N–H and O–H groups in total. The van der Waals surface area contributed by atoms with Crippen molar-refractivity contribution in [3.8, 4) is 0 Å². The molecule has 0 heterocycles. The quantitative estimate of drug-likeness (QED) is 0.437. The van der Waals surface area contributed by atoms with Crippen LogP contribution in [0.4, 0.5) is 4.39 Å². The summed E-state index contributed by atoms with van der Waals surface area (Å²) in [6, 6.07) is 19.8. The summed E-state index contributed by atoms with van der Waals surface area (Å²) in [6.07, 6.45) is 0.0944. The predicted octanol–water partition coefficient (Wildman–Crippen LogP) is 5.45. The molecular formula is C26H25Cl2FN2O2. The third-order valence-corrected chi connectivity index (χ3v) is 6.02. The molecule has 0 aliphatic carbocycles. The molecule has 0 fully saturated rings. The Kier molecular flexibility index (Phi) is 8.87. The van der Waals surface area contributed by atoms with Crippen LogP contribution < -0.4 is 5.32 Å². The monoisotopic (exact) mass is 486 g/mol. The normalized spacial score (nSPS) is 11.6. The van der Waals surface area contributed by atoms with Crippen molar-refractivity contribution in [3.63, 3.8) is 0 Å². The maximum atomic E-state index is 14.3. The van der Waals surface area contributed by atoms with E-state index in [0.717, 1.165) is 5.56 Å². The second kappa shape index (κ2) is 11.8. The van der Waals surface area contributed by atoms with E-state index in [9.17, 15) is 14.0 Å². The average Bonchev–Trinajstić information content (AvgIpc) is 2.80. The number of carbonyl (C=O) groups excluding carboxylic acids is 2. The van der Waals surface area contributed by atoms with E-state index in [1.807, 2.05) is 37.3 Å². The lowest BCUT2D eigenvalue weighted by Crippen LogP contribution is -2.51. The number of nitrogens with zero attached hydrogens (tertiary/aromatic N) is 1. The molecular weight excluding hydrogens is 462 g/mol. The van der Waals surface area contributed by atoms with Crippen LogP contribution in [0.5, 0.6) is 0 Å². The summed E-state index contributed by atoms with van der Waals surface area (Å²) < 4.78 is 14.3. The number of halogens is 3. The number of hydrogen-bond acceptors (Lipinski definition) is 2. The van der Waals surface area contributed by atoms with Crippen LogP contribution in [0, 0.1) is 5.82 Å². The highest BCUT2D eigenvalue weighted by Crippen LogP contribution is 2.27. The van der Waals surface area contributed by atoms with Crippen LogP contribution in [0.3, 0.4) is 0 Å². The number of amides is 2. The molecule has 0 saturated heterocycles. The van der Waals surface area contributed by atoms with Crippen molar-refractivity contribution < 1.29 is 14.0 Å². The number of likely N-dealkylation sites (N-methyl/N-ethyl adjacent to an activating group) is 1. The number of carbonyl (C=O) groups is 2. The number of nitrogens with one attached hydrogen (secondary N) is 1. The van der Waals surface area contributed by atoms with Gasteiger partial charge >= 0.3 is 0 Å². The van der Waals surface area contributed by atoms with Crippen molar-refractivity contribution in [2.75, 3.05) is 6.54 Å². The van der Waals surface area contributed by atoms with E-state index in [-0.39, 0.29) is 30.9 Å². The first kappa shape index (κ1) is 24.7. The van der Waals surface area contributed by atoms with Crippen molar-refractivity contribution in [2.45, 2.75) is 32.4 Å². The summed E-state index contributed by atoms with van der Waals surface area (Å²) in [5.74, 6) is -1.17. The van der Waals surface area contributed by atoms with Gasteiger partial charge < -0.3 is 10.2 Å². The molecule has 0 radical (unpaired) electrons. The van der Waals surface area contributed by atoms with Gasteiger partial charge in [0, 0.05) is 35.1 Å². The highest BCUT2D eigenvalue weighted by Gasteiger charge is 2.31. The summed E-state index contributed by atoms with van der Waals surface area (Å²) in [4.78, 5) is 28.1. The Hall–Kier alpha value is -2.89. The topological polar surface area (TPSA) is 49.4 Å². The SMILES string of the molecule is CCNC(=O)C(Cc1ccccc1)N(Cc1c(Cl)cccc1Cl)C(=O)Cc1ccccc1F. The Morgan fingerprint density at radius 3 is 2.21 bits per heavy atom. The van der Waals surface area contributed by atoms with Gasteiger partial charge in [0.05, 0.1) is 6.42 Å². The number of benzene rings is 3. The predicted molar refractivity (Wildman–Crippen MR) is 130 cm³/mol. The first-order chi connectivity index (χ1) is 15.9. The molecule has 4 nitrogen and oxygen atoms in total. The van der Waals surface area contributed by atoms with E-state index in [0.29, 0.717) is 22.2 Å². The van der Waals surface area contributed by atoms with Crippen LogP contribution in [0.2, 0.25) is 10.0 Å². The van der Waals surface area contributed by atoms with Gasteiger partial charge in [-0.1, -0.05) is 77.8 Å². The zero-order valence-electron chi connectivity index (χ0n) is 18.2. The smallest absolute Gasteiger partial charge is 0.243 e. The van der Waals surface area contributed by atoms with Gasteiger partial charge in [0.15, 0.2) is 0 Å². The number of rotatable bonds is 9. The van der Waals surface area contributed by atoms with E-state index in [4.69, 9.17) is 23.2 Å². The molecule has 33 heavy (non-hydrogen) atoms. The first-order valence-corrected chi connectivity index (χ1v) is 11.4. The Morgan fingerprint density at radius 1 is 0.939 bits per heavy atom. The van der Waals surface area contributed by atoms with E-state index in [2.05, 4.69) is 5.32 Å². The molecule has 0 aromatic heterocycles. The van der Waals surface area contributed by atoms with E-state index < -0.39 is 17.8 Å². The van der Waals surface area contributed by atoms with Gasteiger partial charge in [-0.25, -0.2) is 4.39 Å². The fourth-order valence-corrected chi connectivity index (χ4v) is 4.12. The van der Waals surface area contributed by atoms with Gasteiger partial charge in [0.25, 0.3) is 0 Å². The van der Waals surface area contributed by atoms with Crippen LogP contribution in [-0.2, 0) is 29.0 Å². The van der Waals surface area contributed by atoms with Crippen molar-refractivity contribution in [1.82, 2.24) is 10.2 Å². The van der Waals surface area contributed by atoms with Crippen molar-refractivity contribution in [2.24, 2.45) is 0 Å². The van der Waals surface area contributed by atoms with Gasteiger partial charge in [0.2, 0.25) is 11.8 Å². The van der Waals surface area contributed by atoms with E-state index >= 15 is 0 Å². The van der Waals surface area contributed by atoms with Crippen molar-refractivity contribution in [3.05, 3.63) is 105 Å². The Balaban J connectivity index is 2.02. The lowest BCUT2D eigenvalue weighted by Gasteiger charge is -2.32. The minimum absolute atomic E-state index is 0.0143. The molecule has 0 saturated carbocycles. The largest absolute Gasteiger partial charge is 0.355 e. The molecule has 2 amide bonds. The summed E-state index contributed by atoms with van der Waals surface area (Å²) >= 11 is 12.8. The minimum Gasteiger partial charge on any atom is -0.355 e. The molecule has 0 spiro atoms. The van der Waals surface area contributed by atoms with Crippen molar-refractivity contribution >= 4 is 35.0 Å². The third kappa shape index (κ3) is 6.56. The van der Waals surface area contributed by atoms with Crippen LogP contribution in [-0.4, -0.2) is 29.3 Å². The second-order valence-corrected chi connectivity index (χ2v) is 8.40. The molecule has 1 atom stereocenters. The first-order valence-electron chi connectivity index (χ1n) is 10.7. The molecule has 0 aliphatic rings. The molecule has 0 aliphatic heterocycles. The highest BCUT2D eigenvalue weighted by molar-refractivity contribution is 6.36. The molecule has 0 bridgehead atoms. The Labute approximate surface area is 203 Å².